The number of rotatable bonds is 3. The normalized spacial score (nSPS) is 10.4. The zero-order valence-electron chi connectivity index (χ0n) is 9.78. The topological polar surface area (TPSA) is 48.1 Å². The molecule has 2 aromatic rings. The molecule has 1 aromatic carbocycles. The molecule has 94 valence electrons. The van der Waals surface area contributed by atoms with Gasteiger partial charge >= 0.3 is 0 Å². The van der Waals surface area contributed by atoms with E-state index in [1.54, 1.807) is 6.20 Å². The number of hydrogen-bond acceptors (Lipinski definition) is 3. The van der Waals surface area contributed by atoms with Crippen LogP contribution in [0.3, 0.4) is 0 Å². The lowest BCUT2D eigenvalue weighted by atomic mass is 10.2. The van der Waals surface area contributed by atoms with Crippen molar-refractivity contribution in [3.63, 3.8) is 0 Å². The molecule has 3 nitrogen and oxygen atoms in total. The molecule has 5 heteroatoms. The minimum Gasteiger partial charge on any atom is -0.472 e. The summed E-state index contributed by atoms with van der Waals surface area (Å²) in [5.74, 6) is 0.557. The van der Waals surface area contributed by atoms with E-state index in [1.165, 1.54) is 0 Å². The molecule has 0 unspecified atom stereocenters. The number of nitrogens with zero attached hydrogens (tertiary/aromatic N) is 1. The molecular formula is C13H12Br2N2O. The van der Waals surface area contributed by atoms with Crippen LogP contribution in [0.4, 0.5) is 5.69 Å². The summed E-state index contributed by atoms with van der Waals surface area (Å²) in [6.07, 6.45) is 1.61. The number of hydrogen-bond donors (Lipinski definition) is 1. The minimum atomic E-state index is 0.467. The molecule has 0 aliphatic heterocycles. The van der Waals surface area contributed by atoms with Gasteiger partial charge in [0, 0.05) is 4.47 Å². The summed E-state index contributed by atoms with van der Waals surface area (Å²) in [6.45, 7) is 2.39. The van der Waals surface area contributed by atoms with E-state index >= 15 is 0 Å². The fraction of sp³-hybridized carbons (Fsp3) is 0.154. The van der Waals surface area contributed by atoms with E-state index in [4.69, 9.17) is 10.5 Å². The van der Waals surface area contributed by atoms with E-state index in [2.05, 4.69) is 36.8 Å². The molecule has 0 saturated carbocycles. The number of halogens is 2. The van der Waals surface area contributed by atoms with E-state index < -0.39 is 0 Å². The molecule has 2 rings (SSSR count). The third-order valence-electron chi connectivity index (χ3n) is 2.54. The molecule has 0 spiro atoms. The summed E-state index contributed by atoms with van der Waals surface area (Å²) in [5.41, 5.74) is 8.43. The van der Waals surface area contributed by atoms with Crippen molar-refractivity contribution in [1.82, 2.24) is 4.98 Å². The van der Waals surface area contributed by atoms with Gasteiger partial charge in [-0.25, -0.2) is 4.98 Å². The number of anilines is 1. The van der Waals surface area contributed by atoms with Crippen molar-refractivity contribution < 1.29 is 4.74 Å². The standard InChI is InChI=1S/C13H12Br2N2O/c1-8-11(16)6-17-13(12(8)15)18-7-9-3-2-4-10(14)5-9/h2-6H,7,16H2,1H3. The Morgan fingerprint density at radius 2 is 2.11 bits per heavy atom. The monoisotopic (exact) mass is 370 g/mol. The van der Waals surface area contributed by atoms with Gasteiger partial charge in [0.15, 0.2) is 0 Å². The molecule has 18 heavy (non-hydrogen) atoms. The van der Waals surface area contributed by atoms with Crippen molar-refractivity contribution in [2.45, 2.75) is 13.5 Å². The molecule has 0 fully saturated rings. The second-order valence-electron chi connectivity index (χ2n) is 3.88. The largest absolute Gasteiger partial charge is 0.472 e. The van der Waals surface area contributed by atoms with E-state index in [0.717, 1.165) is 20.1 Å². The lowest BCUT2D eigenvalue weighted by Gasteiger charge is -2.10. The third kappa shape index (κ3) is 3.03. The van der Waals surface area contributed by atoms with Crippen molar-refractivity contribution in [3.8, 4) is 5.88 Å². The Bertz CT molecular complexity index is 573. The van der Waals surface area contributed by atoms with E-state index in [0.29, 0.717) is 18.2 Å². The number of pyridine rings is 1. The number of aromatic nitrogens is 1. The molecule has 0 saturated heterocycles. The maximum absolute atomic E-state index is 5.76. The van der Waals surface area contributed by atoms with Gasteiger partial charge in [0.1, 0.15) is 6.61 Å². The Morgan fingerprint density at radius 1 is 1.33 bits per heavy atom. The van der Waals surface area contributed by atoms with Crippen LogP contribution in [-0.2, 0) is 6.61 Å². The van der Waals surface area contributed by atoms with Gasteiger partial charge in [-0.05, 0) is 46.1 Å². The Balaban J connectivity index is 2.14. The van der Waals surface area contributed by atoms with Crippen molar-refractivity contribution in [3.05, 3.63) is 50.5 Å². The highest BCUT2D eigenvalue weighted by molar-refractivity contribution is 9.10. The quantitative estimate of drug-likeness (QED) is 0.884. The molecule has 0 atom stereocenters. The lowest BCUT2D eigenvalue weighted by Crippen LogP contribution is -2.01. The van der Waals surface area contributed by atoms with E-state index in [-0.39, 0.29) is 0 Å². The summed E-state index contributed by atoms with van der Waals surface area (Å²) >= 11 is 6.87. The minimum absolute atomic E-state index is 0.467. The molecule has 0 radical (unpaired) electrons. The van der Waals surface area contributed by atoms with Crippen molar-refractivity contribution in [1.29, 1.82) is 0 Å². The fourth-order valence-corrected chi connectivity index (χ4v) is 2.34. The van der Waals surface area contributed by atoms with Gasteiger partial charge in [-0.1, -0.05) is 28.1 Å². The molecule has 0 amide bonds. The van der Waals surface area contributed by atoms with E-state index in [9.17, 15) is 0 Å². The van der Waals surface area contributed by atoms with Crippen LogP contribution in [0.15, 0.2) is 39.4 Å². The van der Waals surface area contributed by atoms with Crippen LogP contribution in [0.1, 0.15) is 11.1 Å². The van der Waals surface area contributed by atoms with Gasteiger partial charge in [0.25, 0.3) is 0 Å². The van der Waals surface area contributed by atoms with Gasteiger partial charge < -0.3 is 10.5 Å². The number of benzene rings is 1. The first-order chi connectivity index (χ1) is 8.58. The highest BCUT2D eigenvalue weighted by Gasteiger charge is 2.08. The first-order valence-corrected chi connectivity index (χ1v) is 6.94. The molecule has 2 N–H and O–H groups in total. The van der Waals surface area contributed by atoms with Gasteiger partial charge in [-0.15, -0.1) is 0 Å². The van der Waals surface area contributed by atoms with Crippen molar-refractivity contribution in [2.24, 2.45) is 0 Å². The maximum atomic E-state index is 5.76. The molecule has 1 heterocycles. The summed E-state index contributed by atoms with van der Waals surface area (Å²) in [6, 6.07) is 7.96. The maximum Gasteiger partial charge on any atom is 0.228 e. The average molecular weight is 372 g/mol. The molecule has 1 aromatic heterocycles. The average Bonchev–Trinajstić information content (AvgIpc) is 2.35. The molecular weight excluding hydrogens is 360 g/mol. The predicted molar refractivity (Wildman–Crippen MR) is 79.6 cm³/mol. The Hall–Kier alpha value is -1.07. The Morgan fingerprint density at radius 3 is 2.83 bits per heavy atom. The predicted octanol–water partition coefficient (Wildman–Crippen LogP) is 4.08. The van der Waals surface area contributed by atoms with Gasteiger partial charge in [0.2, 0.25) is 5.88 Å². The van der Waals surface area contributed by atoms with Gasteiger partial charge in [-0.2, -0.15) is 0 Å². The van der Waals surface area contributed by atoms with Crippen LogP contribution in [0, 0.1) is 6.92 Å². The second kappa shape index (κ2) is 5.71. The lowest BCUT2D eigenvalue weighted by molar-refractivity contribution is 0.291. The smallest absolute Gasteiger partial charge is 0.228 e. The van der Waals surface area contributed by atoms with Crippen molar-refractivity contribution >= 4 is 37.5 Å². The van der Waals surface area contributed by atoms with Gasteiger partial charge in [0.05, 0.1) is 16.4 Å². The first-order valence-electron chi connectivity index (χ1n) is 5.35. The van der Waals surface area contributed by atoms with Crippen LogP contribution in [-0.4, -0.2) is 4.98 Å². The number of ether oxygens (including phenoxy) is 1. The molecule has 0 bridgehead atoms. The summed E-state index contributed by atoms with van der Waals surface area (Å²) < 4.78 is 7.51. The van der Waals surface area contributed by atoms with Crippen LogP contribution in [0.25, 0.3) is 0 Å². The fourth-order valence-electron chi connectivity index (χ4n) is 1.45. The van der Waals surface area contributed by atoms with Crippen LogP contribution in [0.2, 0.25) is 0 Å². The third-order valence-corrected chi connectivity index (χ3v) is 3.96. The SMILES string of the molecule is Cc1c(N)cnc(OCc2cccc(Br)c2)c1Br. The highest BCUT2D eigenvalue weighted by Crippen LogP contribution is 2.29. The summed E-state index contributed by atoms with van der Waals surface area (Å²) in [4.78, 5) is 4.17. The molecule has 0 aliphatic carbocycles. The van der Waals surface area contributed by atoms with Crippen molar-refractivity contribution in [2.75, 3.05) is 5.73 Å². The Labute approximate surface area is 123 Å². The highest BCUT2D eigenvalue weighted by atomic mass is 79.9. The molecule has 0 aliphatic rings. The number of nitrogens with two attached hydrogens (primary N) is 1. The summed E-state index contributed by atoms with van der Waals surface area (Å²) in [7, 11) is 0. The van der Waals surface area contributed by atoms with Crippen LogP contribution >= 0.6 is 31.9 Å². The van der Waals surface area contributed by atoms with E-state index in [1.807, 2.05) is 31.2 Å². The summed E-state index contributed by atoms with van der Waals surface area (Å²) in [5, 5.41) is 0. The zero-order chi connectivity index (χ0) is 13.1. The second-order valence-corrected chi connectivity index (χ2v) is 5.58. The van der Waals surface area contributed by atoms with Crippen LogP contribution in [0.5, 0.6) is 5.88 Å². The van der Waals surface area contributed by atoms with Crippen LogP contribution < -0.4 is 10.5 Å². The zero-order valence-corrected chi connectivity index (χ0v) is 13.0. The van der Waals surface area contributed by atoms with Gasteiger partial charge in [-0.3, -0.25) is 0 Å². The number of nitrogen functional groups attached to an aromatic ring is 1. The first kappa shape index (κ1) is 13.4. The Kier molecular flexibility index (Phi) is 4.24.